The summed E-state index contributed by atoms with van der Waals surface area (Å²) in [5, 5.41) is 34.3. The molecule has 0 aliphatic carbocycles. The number of carboxylic acids is 1. The van der Waals surface area contributed by atoms with Gasteiger partial charge in [0, 0.05) is 5.75 Å². The maximum atomic E-state index is 12.4. The summed E-state index contributed by atoms with van der Waals surface area (Å²) in [5.41, 5.74) is 11.1. The number of rotatable bonds is 14. The second-order valence-corrected chi connectivity index (χ2v) is 6.81. The average Bonchev–Trinajstić information content (AvgIpc) is 2.67. The molecule has 0 heterocycles. The van der Waals surface area contributed by atoms with E-state index in [9.17, 15) is 24.3 Å². The summed E-state index contributed by atoms with van der Waals surface area (Å²) in [6.07, 6.45) is 0.332. The number of thiol groups is 1. The molecular formula is C16H31N5O7S. The number of hydrogen-bond donors (Lipinski definition) is 9. The van der Waals surface area contributed by atoms with E-state index in [0.29, 0.717) is 25.8 Å². The van der Waals surface area contributed by atoms with E-state index in [1.165, 1.54) is 6.92 Å². The third-order valence-corrected chi connectivity index (χ3v) is 4.35. The van der Waals surface area contributed by atoms with Crippen molar-refractivity contribution in [2.75, 3.05) is 18.9 Å². The van der Waals surface area contributed by atoms with Crippen LogP contribution >= 0.6 is 12.6 Å². The lowest BCUT2D eigenvalue weighted by atomic mass is 10.1. The molecule has 5 atom stereocenters. The van der Waals surface area contributed by atoms with Crippen LogP contribution in [0.3, 0.4) is 0 Å². The Kier molecular flexibility index (Phi) is 13.2. The highest BCUT2D eigenvalue weighted by Crippen LogP contribution is 2.01. The fraction of sp³-hybridized carbons (Fsp3) is 0.750. The molecule has 0 bridgehead atoms. The average molecular weight is 438 g/mol. The van der Waals surface area contributed by atoms with Gasteiger partial charge in [-0.1, -0.05) is 6.42 Å². The van der Waals surface area contributed by atoms with Crippen LogP contribution in [0, 0.1) is 0 Å². The molecule has 0 radical (unpaired) electrons. The van der Waals surface area contributed by atoms with Crippen molar-refractivity contribution in [2.24, 2.45) is 11.5 Å². The van der Waals surface area contributed by atoms with Gasteiger partial charge >= 0.3 is 5.97 Å². The third-order valence-electron chi connectivity index (χ3n) is 3.98. The molecule has 29 heavy (non-hydrogen) atoms. The van der Waals surface area contributed by atoms with Gasteiger partial charge in [0.1, 0.15) is 18.1 Å². The summed E-state index contributed by atoms with van der Waals surface area (Å²) < 4.78 is 0. The normalized spacial score (nSPS) is 16.1. The van der Waals surface area contributed by atoms with Crippen LogP contribution in [0.1, 0.15) is 26.2 Å². The van der Waals surface area contributed by atoms with Crippen LogP contribution in [-0.4, -0.2) is 88.2 Å². The Hall–Kier alpha value is -1.93. The first-order valence-corrected chi connectivity index (χ1v) is 9.71. The largest absolute Gasteiger partial charge is 0.480 e. The molecule has 10 N–H and O–H groups in total. The van der Waals surface area contributed by atoms with Crippen molar-refractivity contribution >= 4 is 36.3 Å². The second-order valence-electron chi connectivity index (χ2n) is 6.44. The maximum Gasteiger partial charge on any atom is 0.328 e. The van der Waals surface area contributed by atoms with Crippen LogP contribution < -0.4 is 27.4 Å². The number of aliphatic carboxylic acids is 1. The molecule has 168 valence electrons. The fourth-order valence-corrected chi connectivity index (χ4v) is 2.48. The Bertz CT molecular complexity index is 564. The number of carboxylic acid groups (broad SMARTS) is 1. The van der Waals surface area contributed by atoms with E-state index in [2.05, 4.69) is 23.3 Å². The molecule has 12 nitrogen and oxygen atoms in total. The predicted molar refractivity (Wildman–Crippen MR) is 107 cm³/mol. The molecular weight excluding hydrogens is 406 g/mol. The van der Waals surface area contributed by atoms with E-state index in [1.807, 2.05) is 5.32 Å². The van der Waals surface area contributed by atoms with Crippen molar-refractivity contribution in [1.29, 1.82) is 0 Å². The SMILES string of the molecule is CC(O)C(NC(=O)C(CS)NC(=O)C(N)CCCCN)C(=O)NC(CO)C(=O)O. The van der Waals surface area contributed by atoms with Gasteiger partial charge in [-0.2, -0.15) is 12.6 Å². The van der Waals surface area contributed by atoms with Gasteiger partial charge in [0.15, 0.2) is 0 Å². The summed E-state index contributed by atoms with van der Waals surface area (Å²) in [5.74, 6) is -4.02. The summed E-state index contributed by atoms with van der Waals surface area (Å²) in [6.45, 7) is 0.803. The molecule has 0 aromatic rings. The van der Waals surface area contributed by atoms with E-state index < -0.39 is 60.6 Å². The summed E-state index contributed by atoms with van der Waals surface area (Å²) >= 11 is 4.00. The van der Waals surface area contributed by atoms with Gasteiger partial charge in [-0.25, -0.2) is 4.79 Å². The monoisotopic (exact) mass is 437 g/mol. The van der Waals surface area contributed by atoms with E-state index in [4.69, 9.17) is 21.7 Å². The summed E-state index contributed by atoms with van der Waals surface area (Å²) in [6, 6.07) is -5.12. The van der Waals surface area contributed by atoms with Gasteiger partial charge in [0.25, 0.3) is 0 Å². The lowest BCUT2D eigenvalue weighted by Crippen LogP contribution is -2.60. The zero-order chi connectivity index (χ0) is 22.6. The number of aliphatic hydroxyl groups is 2. The highest BCUT2D eigenvalue weighted by atomic mass is 32.1. The van der Waals surface area contributed by atoms with Crippen LogP contribution in [0.4, 0.5) is 0 Å². The van der Waals surface area contributed by atoms with Gasteiger partial charge in [-0.05, 0) is 26.3 Å². The number of nitrogens with two attached hydrogens (primary N) is 2. The molecule has 0 aliphatic rings. The van der Waals surface area contributed by atoms with Crippen LogP contribution in [0.15, 0.2) is 0 Å². The van der Waals surface area contributed by atoms with Crippen molar-refractivity contribution in [1.82, 2.24) is 16.0 Å². The van der Waals surface area contributed by atoms with E-state index >= 15 is 0 Å². The number of nitrogens with one attached hydrogen (secondary N) is 3. The third kappa shape index (κ3) is 9.89. The molecule has 0 rings (SSSR count). The number of hydrogen-bond acceptors (Lipinski definition) is 9. The predicted octanol–water partition coefficient (Wildman–Crippen LogP) is -3.72. The number of aliphatic hydroxyl groups excluding tert-OH is 2. The van der Waals surface area contributed by atoms with Crippen LogP contribution in [0.5, 0.6) is 0 Å². The molecule has 0 aliphatic heterocycles. The molecule has 5 unspecified atom stereocenters. The minimum atomic E-state index is -1.60. The number of amides is 3. The topological polar surface area (TPSA) is 217 Å². The Morgan fingerprint density at radius 1 is 1.00 bits per heavy atom. The lowest BCUT2D eigenvalue weighted by molar-refractivity contribution is -0.144. The van der Waals surface area contributed by atoms with Gasteiger partial charge in [-0.3, -0.25) is 14.4 Å². The summed E-state index contributed by atoms with van der Waals surface area (Å²) in [7, 11) is 0. The zero-order valence-corrected chi connectivity index (χ0v) is 17.1. The Labute approximate surface area is 174 Å². The number of unbranched alkanes of at least 4 members (excludes halogenated alkanes) is 1. The zero-order valence-electron chi connectivity index (χ0n) is 16.2. The van der Waals surface area contributed by atoms with Gasteiger partial charge < -0.3 is 42.7 Å². The first-order valence-electron chi connectivity index (χ1n) is 9.08. The Balaban J connectivity index is 4.98. The maximum absolute atomic E-state index is 12.4. The van der Waals surface area contributed by atoms with E-state index in [1.54, 1.807) is 0 Å². The molecule has 0 aromatic carbocycles. The van der Waals surface area contributed by atoms with Gasteiger partial charge in [0.05, 0.1) is 18.8 Å². The van der Waals surface area contributed by atoms with Crippen LogP contribution in [0.2, 0.25) is 0 Å². The first kappa shape index (κ1) is 27.1. The van der Waals surface area contributed by atoms with Crippen molar-refractivity contribution in [3.63, 3.8) is 0 Å². The van der Waals surface area contributed by atoms with Gasteiger partial charge in [0.2, 0.25) is 17.7 Å². The van der Waals surface area contributed by atoms with Crippen LogP contribution in [0.25, 0.3) is 0 Å². The standard InChI is InChI=1S/C16H31N5O7S/c1-8(23)12(15(26)19-10(6-22)16(27)28)21-14(25)11(7-29)20-13(24)9(18)4-2-3-5-17/h8-12,22-23,29H,2-7,17-18H2,1H3,(H,19,26)(H,20,24)(H,21,25)(H,27,28). The molecule has 0 aromatic heterocycles. The van der Waals surface area contributed by atoms with Crippen molar-refractivity contribution in [2.45, 2.75) is 56.5 Å². The Morgan fingerprint density at radius 3 is 2.03 bits per heavy atom. The smallest absolute Gasteiger partial charge is 0.328 e. The molecule has 0 saturated carbocycles. The lowest BCUT2D eigenvalue weighted by Gasteiger charge is -2.25. The quantitative estimate of drug-likeness (QED) is 0.0962. The highest BCUT2D eigenvalue weighted by molar-refractivity contribution is 7.80. The second kappa shape index (κ2) is 14.1. The fourth-order valence-electron chi connectivity index (χ4n) is 2.22. The molecule has 0 fully saturated rings. The van der Waals surface area contributed by atoms with Crippen molar-refractivity contribution < 1.29 is 34.5 Å². The molecule has 3 amide bonds. The summed E-state index contributed by atoms with van der Waals surface area (Å²) in [4.78, 5) is 47.6. The van der Waals surface area contributed by atoms with E-state index in [0.717, 1.165) is 0 Å². The minimum Gasteiger partial charge on any atom is -0.480 e. The van der Waals surface area contributed by atoms with Crippen molar-refractivity contribution in [3.8, 4) is 0 Å². The first-order chi connectivity index (χ1) is 13.6. The molecule has 0 spiro atoms. The number of carbonyl (C=O) groups excluding carboxylic acids is 3. The van der Waals surface area contributed by atoms with Crippen LogP contribution in [-0.2, 0) is 19.2 Å². The molecule has 13 heteroatoms. The minimum absolute atomic E-state index is 0.115. The van der Waals surface area contributed by atoms with E-state index in [-0.39, 0.29) is 5.75 Å². The van der Waals surface area contributed by atoms with Gasteiger partial charge in [-0.15, -0.1) is 0 Å². The van der Waals surface area contributed by atoms with Crippen molar-refractivity contribution in [3.05, 3.63) is 0 Å². The number of carbonyl (C=O) groups is 4. The Morgan fingerprint density at radius 2 is 1.59 bits per heavy atom. The molecule has 0 saturated heterocycles. The highest BCUT2D eigenvalue weighted by Gasteiger charge is 2.32.